The first-order valence-corrected chi connectivity index (χ1v) is 8.05. The van der Waals surface area contributed by atoms with E-state index in [4.69, 9.17) is 0 Å². The second-order valence-corrected chi connectivity index (χ2v) is 7.69. The number of carbonyl (C=O) groups excluding carboxylic acids is 1. The van der Waals surface area contributed by atoms with E-state index in [0.29, 0.717) is 12.3 Å². The van der Waals surface area contributed by atoms with Gasteiger partial charge in [0.1, 0.15) is 0 Å². The monoisotopic (exact) mass is 281 g/mol. The molecule has 1 amide bonds. The van der Waals surface area contributed by atoms with E-state index in [9.17, 15) is 4.79 Å². The number of likely N-dealkylation sites (tertiary alicyclic amines) is 1. The minimum absolute atomic E-state index is 0.0994. The Morgan fingerprint density at radius 3 is 2.05 bits per heavy atom. The van der Waals surface area contributed by atoms with Gasteiger partial charge >= 0.3 is 0 Å². The van der Waals surface area contributed by atoms with E-state index in [1.54, 1.807) is 0 Å². The van der Waals surface area contributed by atoms with Gasteiger partial charge in [-0.15, -0.1) is 0 Å². The molecule has 4 nitrogen and oxygen atoms in total. The Morgan fingerprint density at radius 1 is 1.00 bits per heavy atom. The maximum absolute atomic E-state index is 12.2. The first kappa shape index (κ1) is 15.8. The van der Waals surface area contributed by atoms with Crippen molar-refractivity contribution in [1.82, 2.24) is 14.7 Å². The quantitative estimate of drug-likeness (QED) is 0.770. The smallest absolute Gasteiger partial charge is 0.223 e. The fourth-order valence-electron chi connectivity index (χ4n) is 3.26. The average Bonchev–Trinajstić information content (AvgIpc) is 2.38. The van der Waals surface area contributed by atoms with Gasteiger partial charge in [0.2, 0.25) is 5.91 Å². The zero-order chi connectivity index (χ0) is 14.8. The molecule has 2 fully saturated rings. The van der Waals surface area contributed by atoms with Gasteiger partial charge in [0.15, 0.2) is 0 Å². The summed E-state index contributed by atoms with van der Waals surface area (Å²) in [5.74, 6) is 0.334. The van der Waals surface area contributed by atoms with Crippen LogP contribution in [-0.4, -0.2) is 73.0 Å². The summed E-state index contributed by atoms with van der Waals surface area (Å²) in [6.45, 7) is 12.8. The highest BCUT2D eigenvalue weighted by Crippen LogP contribution is 2.22. The van der Waals surface area contributed by atoms with Crippen LogP contribution in [0.25, 0.3) is 0 Å². The Labute approximate surface area is 124 Å². The molecule has 0 atom stereocenters. The van der Waals surface area contributed by atoms with Crippen LogP contribution in [0.5, 0.6) is 0 Å². The number of hydrogen-bond acceptors (Lipinski definition) is 3. The average molecular weight is 281 g/mol. The third-order valence-corrected chi connectivity index (χ3v) is 4.55. The van der Waals surface area contributed by atoms with Gasteiger partial charge in [-0.3, -0.25) is 9.69 Å². The molecule has 0 aromatic heterocycles. The first-order chi connectivity index (χ1) is 9.35. The fraction of sp³-hybridized carbons (Fsp3) is 0.938. The van der Waals surface area contributed by atoms with Crippen molar-refractivity contribution in [3.8, 4) is 0 Å². The predicted octanol–water partition coefficient (Wildman–Crippen LogP) is 1.66. The Balaban J connectivity index is 1.76. The summed E-state index contributed by atoms with van der Waals surface area (Å²) in [5, 5.41) is 0. The number of amides is 1. The maximum Gasteiger partial charge on any atom is 0.223 e. The highest BCUT2D eigenvalue weighted by molar-refractivity contribution is 5.76. The molecule has 20 heavy (non-hydrogen) atoms. The van der Waals surface area contributed by atoms with Crippen LogP contribution in [0.3, 0.4) is 0 Å². The summed E-state index contributed by atoms with van der Waals surface area (Å²) in [4.78, 5) is 19.3. The van der Waals surface area contributed by atoms with Gasteiger partial charge in [-0.05, 0) is 38.4 Å². The van der Waals surface area contributed by atoms with E-state index in [2.05, 4.69) is 42.5 Å². The third kappa shape index (κ3) is 4.45. The van der Waals surface area contributed by atoms with Crippen molar-refractivity contribution in [3.63, 3.8) is 0 Å². The summed E-state index contributed by atoms with van der Waals surface area (Å²) >= 11 is 0. The lowest BCUT2D eigenvalue weighted by molar-refractivity contribution is -0.135. The number of nitrogens with zero attached hydrogens (tertiary/aromatic N) is 3. The van der Waals surface area contributed by atoms with Crippen molar-refractivity contribution < 1.29 is 4.79 Å². The van der Waals surface area contributed by atoms with Gasteiger partial charge in [0, 0.05) is 38.6 Å². The lowest BCUT2D eigenvalue weighted by Gasteiger charge is -2.42. The third-order valence-electron chi connectivity index (χ3n) is 4.55. The Bertz CT molecular complexity index is 321. The lowest BCUT2D eigenvalue weighted by Crippen LogP contribution is -2.54. The molecule has 0 bridgehead atoms. The minimum Gasteiger partial charge on any atom is -0.340 e. The zero-order valence-electron chi connectivity index (χ0n) is 13.7. The number of rotatable bonds is 2. The normalized spacial score (nSPS) is 24.1. The van der Waals surface area contributed by atoms with E-state index in [-0.39, 0.29) is 5.41 Å². The Morgan fingerprint density at radius 2 is 1.55 bits per heavy atom. The minimum atomic E-state index is 0.0994. The highest BCUT2D eigenvalue weighted by atomic mass is 16.2. The molecular weight excluding hydrogens is 250 g/mol. The molecule has 0 aliphatic carbocycles. The number of carbonyl (C=O) groups is 1. The molecule has 0 unspecified atom stereocenters. The van der Waals surface area contributed by atoms with Gasteiger partial charge in [-0.25, -0.2) is 0 Å². The molecule has 2 aliphatic heterocycles. The van der Waals surface area contributed by atoms with Gasteiger partial charge < -0.3 is 9.80 Å². The van der Waals surface area contributed by atoms with Crippen LogP contribution in [0.2, 0.25) is 0 Å². The van der Waals surface area contributed by atoms with Crippen LogP contribution in [-0.2, 0) is 4.79 Å². The molecule has 0 aromatic carbocycles. The van der Waals surface area contributed by atoms with Gasteiger partial charge in [-0.2, -0.15) is 0 Å². The molecule has 116 valence electrons. The lowest BCUT2D eigenvalue weighted by atomic mass is 9.91. The molecule has 0 N–H and O–H groups in total. The Hall–Kier alpha value is -0.610. The summed E-state index contributed by atoms with van der Waals surface area (Å²) < 4.78 is 0. The summed E-state index contributed by atoms with van der Waals surface area (Å²) in [6.07, 6.45) is 3.24. The number of hydrogen-bond donors (Lipinski definition) is 0. The van der Waals surface area contributed by atoms with Crippen LogP contribution in [0.15, 0.2) is 0 Å². The van der Waals surface area contributed by atoms with Gasteiger partial charge in [-0.1, -0.05) is 20.8 Å². The SMILES string of the molecule is CN1CCC(N2CCN(C(=O)CC(C)(C)C)CC2)CC1. The van der Waals surface area contributed by atoms with Crippen LogP contribution < -0.4 is 0 Å². The van der Waals surface area contributed by atoms with Crippen molar-refractivity contribution in [3.05, 3.63) is 0 Å². The Kier molecular flexibility index (Phi) is 5.08. The molecule has 0 radical (unpaired) electrons. The molecule has 0 saturated carbocycles. The predicted molar refractivity (Wildman–Crippen MR) is 82.7 cm³/mol. The molecule has 4 heteroatoms. The van der Waals surface area contributed by atoms with Gasteiger partial charge in [0.05, 0.1) is 0 Å². The highest BCUT2D eigenvalue weighted by Gasteiger charge is 2.29. The van der Waals surface area contributed by atoms with Crippen molar-refractivity contribution in [2.24, 2.45) is 5.41 Å². The van der Waals surface area contributed by atoms with E-state index in [1.807, 2.05) is 0 Å². The van der Waals surface area contributed by atoms with Crippen molar-refractivity contribution >= 4 is 5.91 Å². The second-order valence-electron chi connectivity index (χ2n) is 7.69. The first-order valence-electron chi connectivity index (χ1n) is 8.05. The molecule has 2 saturated heterocycles. The largest absolute Gasteiger partial charge is 0.340 e. The number of piperazine rings is 1. The van der Waals surface area contributed by atoms with E-state index < -0.39 is 0 Å². The number of piperidine rings is 1. The molecule has 0 spiro atoms. The van der Waals surface area contributed by atoms with Crippen LogP contribution >= 0.6 is 0 Å². The van der Waals surface area contributed by atoms with E-state index in [0.717, 1.165) is 32.2 Å². The van der Waals surface area contributed by atoms with Gasteiger partial charge in [0.25, 0.3) is 0 Å². The topological polar surface area (TPSA) is 26.8 Å². The second kappa shape index (κ2) is 6.44. The van der Waals surface area contributed by atoms with Crippen LogP contribution in [0.4, 0.5) is 0 Å². The van der Waals surface area contributed by atoms with E-state index >= 15 is 0 Å². The van der Waals surface area contributed by atoms with Crippen molar-refractivity contribution in [2.75, 3.05) is 46.3 Å². The molecular formula is C16H31N3O. The van der Waals surface area contributed by atoms with Crippen LogP contribution in [0, 0.1) is 5.41 Å². The summed E-state index contributed by atoms with van der Waals surface area (Å²) in [5.41, 5.74) is 0.0994. The standard InChI is InChI=1S/C16H31N3O/c1-16(2,3)13-15(20)19-11-9-18(10-12-19)14-5-7-17(4)8-6-14/h14H,5-13H2,1-4H3. The van der Waals surface area contributed by atoms with Crippen molar-refractivity contribution in [1.29, 1.82) is 0 Å². The summed E-state index contributed by atoms with van der Waals surface area (Å²) in [6, 6.07) is 0.742. The fourth-order valence-corrected chi connectivity index (χ4v) is 3.26. The maximum atomic E-state index is 12.2. The summed E-state index contributed by atoms with van der Waals surface area (Å²) in [7, 11) is 2.21. The molecule has 2 heterocycles. The molecule has 2 rings (SSSR count). The van der Waals surface area contributed by atoms with Crippen LogP contribution in [0.1, 0.15) is 40.0 Å². The molecule has 0 aromatic rings. The van der Waals surface area contributed by atoms with Crippen molar-refractivity contribution in [2.45, 2.75) is 46.1 Å². The van der Waals surface area contributed by atoms with E-state index in [1.165, 1.54) is 25.9 Å². The zero-order valence-corrected chi connectivity index (χ0v) is 13.7. The molecule has 2 aliphatic rings.